The average molecular weight is 343 g/mol. The van der Waals surface area contributed by atoms with Crippen molar-refractivity contribution in [1.82, 2.24) is 10.2 Å². The summed E-state index contributed by atoms with van der Waals surface area (Å²) in [7, 11) is 3.32. The number of alkyl halides is 3. The van der Waals surface area contributed by atoms with E-state index in [0.717, 1.165) is 12.1 Å². The molecule has 1 fully saturated rings. The van der Waals surface area contributed by atoms with Crippen molar-refractivity contribution < 1.29 is 22.8 Å². The number of carbonyl (C=O) groups excluding carboxylic acids is 2. The second-order valence-corrected chi connectivity index (χ2v) is 5.74. The Bertz CT molecular complexity index is 602. The summed E-state index contributed by atoms with van der Waals surface area (Å²) >= 11 is 0. The molecule has 0 bridgehead atoms. The fourth-order valence-corrected chi connectivity index (χ4v) is 2.72. The third-order valence-electron chi connectivity index (χ3n) is 4.19. The number of amides is 2. The van der Waals surface area contributed by atoms with E-state index in [2.05, 4.69) is 5.32 Å². The molecule has 2 amide bonds. The summed E-state index contributed by atoms with van der Waals surface area (Å²) in [5.41, 5.74) is -0.285. The molecule has 0 aromatic heterocycles. The highest BCUT2D eigenvalue weighted by atomic mass is 19.4. The van der Waals surface area contributed by atoms with Crippen molar-refractivity contribution in [2.45, 2.75) is 25.1 Å². The molecule has 0 spiro atoms. The van der Waals surface area contributed by atoms with Crippen LogP contribution in [0.1, 0.15) is 18.4 Å². The number of likely N-dealkylation sites (N-methyl/N-ethyl adjacent to an activating group) is 1. The van der Waals surface area contributed by atoms with Gasteiger partial charge in [0, 0.05) is 32.2 Å². The second kappa shape index (κ2) is 7.21. The Morgan fingerprint density at radius 3 is 2.50 bits per heavy atom. The molecule has 8 heteroatoms. The number of nitrogens with zero attached hydrogens (tertiary/aromatic N) is 2. The first-order chi connectivity index (χ1) is 11.2. The summed E-state index contributed by atoms with van der Waals surface area (Å²) in [6.07, 6.45) is -3.53. The molecule has 1 heterocycles. The van der Waals surface area contributed by atoms with Gasteiger partial charge in [-0.3, -0.25) is 14.5 Å². The van der Waals surface area contributed by atoms with Gasteiger partial charge in [-0.15, -0.1) is 0 Å². The predicted molar refractivity (Wildman–Crippen MR) is 83.5 cm³/mol. The number of rotatable bonds is 5. The number of halogens is 3. The van der Waals surface area contributed by atoms with Crippen LogP contribution in [0, 0.1) is 0 Å². The molecule has 1 unspecified atom stereocenters. The average Bonchev–Trinajstić information content (AvgIpc) is 2.93. The van der Waals surface area contributed by atoms with Gasteiger partial charge in [0.05, 0.1) is 11.6 Å². The first-order valence-electron chi connectivity index (χ1n) is 7.63. The minimum atomic E-state index is -4.39. The largest absolute Gasteiger partial charge is 0.416 e. The van der Waals surface area contributed by atoms with E-state index in [1.807, 2.05) is 4.90 Å². The molecule has 1 atom stereocenters. The summed E-state index contributed by atoms with van der Waals surface area (Å²) in [6, 6.07) is 4.22. The van der Waals surface area contributed by atoms with E-state index < -0.39 is 11.7 Å². The lowest BCUT2D eigenvalue weighted by Gasteiger charge is -2.23. The van der Waals surface area contributed by atoms with Gasteiger partial charge in [0.2, 0.25) is 11.8 Å². The standard InChI is InChI=1S/C16H20F3N3O2/c1-20-14(23)8-9-21(2)13-7-10-22(15(13)24)12-5-3-11(4-6-12)16(17,18)19/h3-6,13H,7-10H2,1-2H3,(H,20,23). The van der Waals surface area contributed by atoms with Gasteiger partial charge in [-0.1, -0.05) is 0 Å². The van der Waals surface area contributed by atoms with Crippen LogP contribution >= 0.6 is 0 Å². The highest BCUT2D eigenvalue weighted by molar-refractivity contribution is 5.99. The molecular weight excluding hydrogens is 323 g/mol. The van der Waals surface area contributed by atoms with Crippen molar-refractivity contribution in [1.29, 1.82) is 0 Å². The molecule has 1 aliphatic heterocycles. The molecule has 1 saturated heterocycles. The third kappa shape index (κ3) is 4.05. The smallest absolute Gasteiger partial charge is 0.359 e. The van der Waals surface area contributed by atoms with Crippen LogP contribution in [0.5, 0.6) is 0 Å². The second-order valence-electron chi connectivity index (χ2n) is 5.74. The van der Waals surface area contributed by atoms with Crippen molar-refractivity contribution in [3.63, 3.8) is 0 Å². The molecule has 0 radical (unpaired) electrons. The maximum atomic E-state index is 12.6. The first-order valence-corrected chi connectivity index (χ1v) is 7.63. The lowest BCUT2D eigenvalue weighted by Crippen LogP contribution is -2.41. The van der Waals surface area contributed by atoms with Crippen molar-refractivity contribution in [3.8, 4) is 0 Å². The Kier molecular flexibility index (Phi) is 5.48. The first kappa shape index (κ1) is 18.3. The Morgan fingerprint density at radius 1 is 1.33 bits per heavy atom. The number of hydrogen-bond donors (Lipinski definition) is 1. The number of benzene rings is 1. The Morgan fingerprint density at radius 2 is 1.96 bits per heavy atom. The molecule has 24 heavy (non-hydrogen) atoms. The van der Waals surface area contributed by atoms with E-state index in [0.29, 0.717) is 25.2 Å². The number of hydrogen-bond acceptors (Lipinski definition) is 3. The SMILES string of the molecule is CNC(=O)CCN(C)C1CCN(c2ccc(C(F)(F)F)cc2)C1=O. The van der Waals surface area contributed by atoms with Crippen LogP contribution in [0.3, 0.4) is 0 Å². The number of nitrogens with one attached hydrogen (secondary N) is 1. The van der Waals surface area contributed by atoms with E-state index in [4.69, 9.17) is 0 Å². The summed E-state index contributed by atoms with van der Waals surface area (Å²) in [6.45, 7) is 0.885. The van der Waals surface area contributed by atoms with Crippen molar-refractivity contribution in [2.75, 3.05) is 32.1 Å². The summed E-state index contributed by atoms with van der Waals surface area (Å²) < 4.78 is 37.8. The lowest BCUT2D eigenvalue weighted by atomic mass is 10.2. The zero-order valence-corrected chi connectivity index (χ0v) is 13.6. The van der Waals surface area contributed by atoms with Crippen LogP contribution in [-0.2, 0) is 15.8 Å². The van der Waals surface area contributed by atoms with Crippen LogP contribution in [0.2, 0.25) is 0 Å². The molecule has 1 N–H and O–H groups in total. The fraction of sp³-hybridized carbons (Fsp3) is 0.500. The van der Waals surface area contributed by atoms with Crippen LogP contribution in [0.15, 0.2) is 24.3 Å². The molecule has 1 aromatic carbocycles. The van der Waals surface area contributed by atoms with E-state index in [1.165, 1.54) is 17.0 Å². The van der Waals surface area contributed by atoms with Gasteiger partial charge >= 0.3 is 6.18 Å². The van der Waals surface area contributed by atoms with Crippen LogP contribution in [-0.4, -0.2) is 49.9 Å². The van der Waals surface area contributed by atoms with Crippen LogP contribution in [0.4, 0.5) is 18.9 Å². The fourth-order valence-electron chi connectivity index (χ4n) is 2.72. The van der Waals surface area contributed by atoms with Gasteiger partial charge in [0.1, 0.15) is 0 Å². The molecular formula is C16H20F3N3O2. The lowest BCUT2D eigenvalue weighted by molar-refractivity contribution is -0.137. The molecule has 1 aliphatic rings. The number of carbonyl (C=O) groups is 2. The normalized spacial score (nSPS) is 18.3. The molecule has 0 aliphatic carbocycles. The molecule has 0 saturated carbocycles. The zero-order valence-electron chi connectivity index (χ0n) is 13.6. The monoisotopic (exact) mass is 343 g/mol. The van der Waals surface area contributed by atoms with E-state index in [-0.39, 0.29) is 24.3 Å². The van der Waals surface area contributed by atoms with Crippen LogP contribution in [0.25, 0.3) is 0 Å². The Hall–Kier alpha value is -2.09. The van der Waals surface area contributed by atoms with Gasteiger partial charge in [-0.05, 0) is 37.7 Å². The van der Waals surface area contributed by atoms with E-state index in [9.17, 15) is 22.8 Å². The minimum Gasteiger partial charge on any atom is -0.359 e. The zero-order chi connectivity index (χ0) is 17.9. The maximum absolute atomic E-state index is 12.6. The quantitative estimate of drug-likeness (QED) is 0.888. The molecule has 132 valence electrons. The maximum Gasteiger partial charge on any atom is 0.416 e. The van der Waals surface area contributed by atoms with Crippen molar-refractivity contribution >= 4 is 17.5 Å². The summed E-state index contributed by atoms with van der Waals surface area (Å²) in [5.74, 6) is -0.263. The highest BCUT2D eigenvalue weighted by Gasteiger charge is 2.36. The van der Waals surface area contributed by atoms with Crippen LogP contribution < -0.4 is 10.2 Å². The van der Waals surface area contributed by atoms with E-state index >= 15 is 0 Å². The predicted octanol–water partition coefficient (Wildman–Crippen LogP) is 1.88. The van der Waals surface area contributed by atoms with Crippen molar-refractivity contribution in [3.05, 3.63) is 29.8 Å². The highest BCUT2D eigenvalue weighted by Crippen LogP contribution is 2.31. The summed E-state index contributed by atoms with van der Waals surface area (Å²) in [4.78, 5) is 27.1. The third-order valence-corrected chi connectivity index (χ3v) is 4.19. The topological polar surface area (TPSA) is 52.7 Å². The van der Waals surface area contributed by atoms with Gasteiger partial charge in [0.15, 0.2) is 0 Å². The van der Waals surface area contributed by atoms with Gasteiger partial charge in [-0.25, -0.2) is 0 Å². The Balaban J connectivity index is 2.02. The van der Waals surface area contributed by atoms with Gasteiger partial charge in [-0.2, -0.15) is 13.2 Å². The summed E-state index contributed by atoms with van der Waals surface area (Å²) in [5, 5.41) is 2.52. The molecule has 1 aromatic rings. The minimum absolute atomic E-state index is 0.105. The van der Waals surface area contributed by atoms with Gasteiger partial charge in [0.25, 0.3) is 0 Å². The van der Waals surface area contributed by atoms with Gasteiger partial charge < -0.3 is 10.2 Å². The Labute approximate surface area is 138 Å². The molecule has 2 rings (SSSR count). The van der Waals surface area contributed by atoms with E-state index in [1.54, 1.807) is 14.1 Å². The van der Waals surface area contributed by atoms with Crippen molar-refractivity contribution in [2.24, 2.45) is 0 Å². The number of anilines is 1. The molecule has 5 nitrogen and oxygen atoms in total.